The Hall–Kier alpha value is -2.97. The van der Waals surface area contributed by atoms with Crippen molar-refractivity contribution in [3.05, 3.63) is 78.1 Å². The molecule has 0 aliphatic carbocycles. The maximum atomic E-state index is 12.6. The van der Waals surface area contributed by atoms with E-state index in [9.17, 15) is 13.2 Å². The van der Waals surface area contributed by atoms with Gasteiger partial charge in [0.05, 0.1) is 23.5 Å². The lowest BCUT2D eigenvalue weighted by Crippen LogP contribution is -2.31. The van der Waals surface area contributed by atoms with Crippen LogP contribution in [0.4, 0.5) is 0 Å². The van der Waals surface area contributed by atoms with Crippen LogP contribution in [0.5, 0.6) is 0 Å². The van der Waals surface area contributed by atoms with Gasteiger partial charge in [-0.1, -0.05) is 36.4 Å². The third-order valence-electron chi connectivity index (χ3n) is 4.16. The fourth-order valence-electron chi connectivity index (χ4n) is 2.96. The number of rotatable bonds is 5. The molecule has 0 unspecified atom stereocenters. The maximum absolute atomic E-state index is 12.6. The Kier molecular flexibility index (Phi) is 4.74. The van der Waals surface area contributed by atoms with Crippen LogP contribution in [0.25, 0.3) is 15.8 Å². The predicted molar refractivity (Wildman–Crippen MR) is 109 cm³/mol. The highest BCUT2D eigenvalue weighted by molar-refractivity contribution is 7.92. The van der Waals surface area contributed by atoms with Gasteiger partial charge in [-0.3, -0.25) is 4.79 Å². The van der Waals surface area contributed by atoms with Crippen molar-refractivity contribution >= 4 is 37.4 Å². The number of para-hydroxylation sites is 1. The number of carbonyl (C=O) groups is 1. The van der Waals surface area contributed by atoms with E-state index in [0.29, 0.717) is 5.69 Å². The number of carbonyl (C=O) groups excluding carboxylic acids is 1. The Morgan fingerprint density at radius 2 is 1.79 bits per heavy atom. The lowest BCUT2D eigenvalue weighted by molar-refractivity contribution is -0.118. The molecule has 0 fully saturated rings. The van der Waals surface area contributed by atoms with Gasteiger partial charge in [-0.15, -0.1) is 11.3 Å². The zero-order valence-electron chi connectivity index (χ0n) is 15.0. The predicted octanol–water partition coefficient (Wildman–Crippen LogP) is 3.44. The van der Waals surface area contributed by atoms with Gasteiger partial charge in [-0.05, 0) is 42.6 Å². The molecule has 0 aliphatic heterocycles. The topological polar surface area (TPSA) is 81.1 Å². The van der Waals surface area contributed by atoms with Crippen LogP contribution in [0.15, 0.2) is 70.9 Å². The molecule has 4 aromatic rings. The van der Waals surface area contributed by atoms with Gasteiger partial charge >= 0.3 is 0 Å². The molecule has 0 saturated heterocycles. The number of sulfonamides is 1. The van der Waals surface area contributed by atoms with Crippen LogP contribution in [-0.4, -0.2) is 24.1 Å². The summed E-state index contributed by atoms with van der Waals surface area (Å²) in [6, 6.07) is 20.1. The van der Waals surface area contributed by atoms with Crippen LogP contribution in [0.1, 0.15) is 11.4 Å². The van der Waals surface area contributed by atoms with Gasteiger partial charge in [-0.2, -0.15) is 5.10 Å². The van der Waals surface area contributed by atoms with Gasteiger partial charge < -0.3 is 0 Å². The molecular formula is C20H17N3O3S2. The fourth-order valence-corrected chi connectivity index (χ4v) is 5.34. The summed E-state index contributed by atoms with van der Waals surface area (Å²) in [6.45, 7) is 1.83. The summed E-state index contributed by atoms with van der Waals surface area (Å²) in [5.74, 6) is -0.602. The summed E-state index contributed by atoms with van der Waals surface area (Å²) in [5.41, 5.74) is 2.18. The summed E-state index contributed by atoms with van der Waals surface area (Å²) in [4.78, 5) is 12.5. The molecule has 1 N–H and O–H groups in total. The second kappa shape index (κ2) is 7.21. The molecule has 28 heavy (non-hydrogen) atoms. The molecule has 0 bridgehead atoms. The van der Waals surface area contributed by atoms with Crippen molar-refractivity contribution in [1.29, 1.82) is 0 Å². The van der Waals surface area contributed by atoms with Crippen molar-refractivity contribution in [2.45, 2.75) is 17.6 Å². The van der Waals surface area contributed by atoms with E-state index in [1.165, 1.54) is 0 Å². The molecule has 1 amide bonds. The molecule has 0 atom stereocenters. The maximum Gasteiger partial charge on any atom is 0.273 e. The first kappa shape index (κ1) is 18.4. The zero-order valence-corrected chi connectivity index (χ0v) is 16.6. The van der Waals surface area contributed by atoms with E-state index in [4.69, 9.17) is 0 Å². The van der Waals surface area contributed by atoms with Gasteiger partial charge in [0.15, 0.2) is 0 Å². The van der Waals surface area contributed by atoms with Crippen LogP contribution in [-0.2, 0) is 21.2 Å². The van der Waals surface area contributed by atoms with E-state index in [1.54, 1.807) is 16.8 Å². The largest absolute Gasteiger partial charge is 0.274 e. The van der Waals surface area contributed by atoms with Gasteiger partial charge in [0, 0.05) is 4.70 Å². The molecule has 0 saturated carbocycles. The first-order valence-electron chi connectivity index (χ1n) is 8.57. The van der Waals surface area contributed by atoms with Crippen molar-refractivity contribution in [2.24, 2.45) is 0 Å². The molecule has 0 spiro atoms. The molecule has 0 aliphatic rings. The standard InChI is InChI=1S/C20H17N3O3S2/c1-14-11-17(23(21-14)16-8-3-2-4-9-16)13-19(24)22-28(25,26)20-12-15-7-5-6-10-18(15)27-20/h2-12H,13H2,1H3,(H,22,24). The van der Waals surface area contributed by atoms with E-state index in [1.807, 2.05) is 61.5 Å². The number of amides is 1. The Morgan fingerprint density at radius 1 is 1.07 bits per heavy atom. The second-order valence-electron chi connectivity index (χ2n) is 6.33. The average Bonchev–Trinajstić information content (AvgIpc) is 3.26. The number of aryl methyl sites for hydroxylation is 1. The van der Waals surface area contributed by atoms with E-state index < -0.39 is 15.9 Å². The minimum Gasteiger partial charge on any atom is -0.274 e. The number of benzene rings is 2. The van der Waals surface area contributed by atoms with E-state index in [-0.39, 0.29) is 10.6 Å². The lowest BCUT2D eigenvalue weighted by Gasteiger charge is -2.08. The van der Waals surface area contributed by atoms with E-state index in [2.05, 4.69) is 9.82 Å². The first-order valence-corrected chi connectivity index (χ1v) is 10.9. The van der Waals surface area contributed by atoms with Crippen molar-refractivity contribution in [2.75, 3.05) is 0 Å². The Morgan fingerprint density at radius 3 is 2.54 bits per heavy atom. The number of fused-ring (bicyclic) bond motifs is 1. The third-order valence-corrected chi connectivity index (χ3v) is 7.13. The molecule has 2 heterocycles. The van der Waals surface area contributed by atoms with Crippen molar-refractivity contribution in [3.63, 3.8) is 0 Å². The molecule has 2 aromatic heterocycles. The second-order valence-corrected chi connectivity index (χ2v) is 9.33. The van der Waals surface area contributed by atoms with E-state index in [0.717, 1.165) is 32.8 Å². The summed E-state index contributed by atoms with van der Waals surface area (Å²) in [7, 11) is -3.92. The molecule has 2 aromatic carbocycles. The number of nitrogens with zero attached hydrogens (tertiary/aromatic N) is 2. The molecule has 0 radical (unpaired) electrons. The third kappa shape index (κ3) is 3.69. The summed E-state index contributed by atoms with van der Waals surface area (Å²) in [6.07, 6.45) is -0.0974. The molecule has 6 nitrogen and oxygen atoms in total. The van der Waals surface area contributed by atoms with E-state index >= 15 is 0 Å². The number of thiophene rings is 1. The van der Waals surface area contributed by atoms with Gasteiger partial charge in [0.25, 0.3) is 10.0 Å². The summed E-state index contributed by atoms with van der Waals surface area (Å²) < 4.78 is 30.0. The highest BCUT2D eigenvalue weighted by Crippen LogP contribution is 2.28. The minimum absolute atomic E-state index is 0.0974. The molecule has 142 valence electrons. The zero-order chi connectivity index (χ0) is 19.7. The Balaban J connectivity index is 1.56. The molecule has 4 rings (SSSR count). The number of hydrogen-bond acceptors (Lipinski definition) is 5. The average molecular weight is 412 g/mol. The Labute approximate surface area is 166 Å². The SMILES string of the molecule is Cc1cc(CC(=O)NS(=O)(=O)c2cc3ccccc3s2)n(-c2ccccc2)n1. The van der Waals surface area contributed by atoms with Crippen LogP contribution >= 0.6 is 11.3 Å². The first-order chi connectivity index (χ1) is 13.4. The van der Waals surface area contributed by atoms with Crippen LogP contribution in [0.2, 0.25) is 0 Å². The molecular weight excluding hydrogens is 394 g/mol. The number of nitrogens with one attached hydrogen (secondary N) is 1. The number of hydrogen-bond donors (Lipinski definition) is 1. The fraction of sp³-hybridized carbons (Fsp3) is 0.100. The van der Waals surface area contributed by atoms with Crippen LogP contribution < -0.4 is 4.72 Å². The van der Waals surface area contributed by atoms with Crippen molar-refractivity contribution in [1.82, 2.24) is 14.5 Å². The Bertz CT molecular complexity index is 1230. The monoisotopic (exact) mass is 411 g/mol. The van der Waals surface area contributed by atoms with Crippen molar-refractivity contribution < 1.29 is 13.2 Å². The smallest absolute Gasteiger partial charge is 0.273 e. The highest BCUT2D eigenvalue weighted by Gasteiger charge is 2.22. The van der Waals surface area contributed by atoms with Gasteiger partial charge in [0.1, 0.15) is 4.21 Å². The van der Waals surface area contributed by atoms with Crippen LogP contribution in [0.3, 0.4) is 0 Å². The normalized spacial score (nSPS) is 11.6. The summed E-state index contributed by atoms with van der Waals surface area (Å²) >= 11 is 1.14. The summed E-state index contributed by atoms with van der Waals surface area (Å²) in [5, 5.41) is 5.24. The van der Waals surface area contributed by atoms with Crippen molar-refractivity contribution in [3.8, 4) is 5.69 Å². The van der Waals surface area contributed by atoms with Crippen LogP contribution in [0, 0.1) is 6.92 Å². The quantitative estimate of drug-likeness (QED) is 0.545. The minimum atomic E-state index is -3.92. The number of aromatic nitrogens is 2. The lowest BCUT2D eigenvalue weighted by atomic mass is 10.2. The highest BCUT2D eigenvalue weighted by atomic mass is 32.2. The van der Waals surface area contributed by atoms with Gasteiger partial charge in [0.2, 0.25) is 5.91 Å². The van der Waals surface area contributed by atoms with Gasteiger partial charge in [-0.25, -0.2) is 17.8 Å². The molecule has 8 heteroatoms.